The molecule has 1 heterocycles. The highest BCUT2D eigenvalue weighted by atomic mass is 35.5. The Bertz CT molecular complexity index is 843. The van der Waals surface area contributed by atoms with E-state index >= 15 is 0 Å². The average Bonchev–Trinajstić information content (AvgIpc) is 2.92. The second-order valence-electron chi connectivity index (χ2n) is 6.57. The summed E-state index contributed by atoms with van der Waals surface area (Å²) in [6.45, 7) is 2.98. The number of aryl methyl sites for hydroxylation is 2. The Labute approximate surface area is 171 Å². The maximum atomic E-state index is 12.8. The summed E-state index contributed by atoms with van der Waals surface area (Å²) in [5.41, 5.74) is 2.36. The number of nitrogens with one attached hydrogen (secondary N) is 1. The minimum absolute atomic E-state index is 0.303. The van der Waals surface area contributed by atoms with Gasteiger partial charge < -0.3 is 10.1 Å². The van der Waals surface area contributed by atoms with Crippen LogP contribution in [0.2, 0.25) is 5.02 Å². The van der Waals surface area contributed by atoms with Gasteiger partial charge in [-0.2, -0.15) is 13.9 Å². The van der Waals surface area contributed by atoms with E-state index in [-0.39, 0.29) is 12.5 Å². The average molecular weight is 436 g/mol. The molecule has 1 aromatic carbocycles. The van der Waals surface area contributed by atoms with Gasteiger partial charge in [-0.05, 0) is 38.0 Å². The third-order valence-corrected chi connectivity index (χ3v) is 4.74. The van der Waals surface area contributed by atoms with Crippen molar-refractivity contribution in [2.24, 2.45) is 0 Å². The predicted molar refractivity (Wildman–Crippen MR) is 101 cm³/mol. The fourth-order valence-electron chi connectivity index (χ4n) is 2.60. The van der Waals surface area contributed by atoms with Gasteiger partial charge in [0, 0.05) is 18.7 Å². The second-order valence-corrected chi connectivity index (χ2v) is 6.95. The molecule has 2 rings (SSSR count). The van der Waals surface area contributed by atoms with Gasteiger partial charge in [0.25, 0.3) is 5.91 Å². The number of aromatic nitrogens is 2. The van der Waals surface area contributed by atoms with E-state index in [1.54, 1.807) is 22.9 Å². The Morgan fingerprint density at radius 2 is 2.07 bits per heavy atom. The van der Waals surface area contributed by atoms with Gasteiger partial charge in [0.1, 0.15) is 6.61 Å². The molecule has 1 amide bonds. The molecule has 0 aliphatic heterocycles. The molecule has 0 radical (unpaired) electrons. The van der Waals surface area contributed by atoms with E-state index in [9.17, 15) is 22.4 Å². The third-order valence-electron chi connectivity index (χ3n) is 4.20. The minimum Gasteiger partial charge on any atom is -0.370 e. The van der Waals surface area contributed by atoms with Crippen LogP contribution < -0.4 is 5.32 Å². The summed E-state index contributed by atoms with van der Waals surface area (Å²) in [6.07, 6.45) is -3.15. The first-order valence-corrected chi connectivity index (χ1v) is 9.30. The molecule has 5 nitrogen and oxygen atoms in total. The Balaban J connectivity index is 1.80. The molecular weight excluding hydrogens is 414 g/mol. The maximum Gasteiger partial charge on any atom is 0.330 e. The molecule has 0 saturated heterocycles. The topological polar surface area (TPSA) is 56.2 Å². The number of hydrogen-bond acceptors (Lipinski definition) is 3. The molecule has 0 bridgehead atoms. The van der Waals surface area contributed by atoms with Crippen LogP contribution in [0, 0.1) is 13.8 Å². The lowest BCUT2D eigenvalue weighted by molar-refractivity contribution is -0.168. The molecule has 1 aromatic heterocycles. The third kappa shape index (κ3) is 6.43. The van der Waals surface area contributed by atoms with Crippen molar-refractivity contribution >= 4 is 17.5 Å². The zero-order valence-electron chi connectivity index (χ0n) is 16.0. The van der Waals surface area contributed by atoms with Crippen molar-refractivity contribution in [3.8, 4) is 0 Å². The lowest BCUT2D eigenvalue weighted by Crippen LogP contribution is -2.32. The van der Waals surface area contributed by atoms with Crippen LogP contribution >= 0.6 is 11.6 Å². The van der Waals surface area contributed by atoms with E-state index in [4.69, 9.17) is 11.6 Å². The fourth-order valence-corrected chi connectivity index (χ4v) is 2.73. The van der Waals surface area contributed by atoms with Crippen LogP contribution in [0.25, 0.3) is 0 Å². The van der Waals surface area contributed by atoms with Gasteiger partial charge in [0.2, 0.25) is 0 Å². The van der Waals surface area contributed by atoms with Gasteiger partial charge in [-0.1, -0.05) is 23.7 Å². The number of hydrogen-bond donors (Lipinski definition) is 1. The Morgan fingerprint density at radius 1 is 1.34 bits per heavy atom. The van der Waals surface area contributed by atoms with Crippen molar-refractivity contribution in [3.63, 3.8) is 0 Å². The summed E-state index contributed by atoms with van der Waals surface area (Å²) in [4.78, 5) is 12.2. The summed E-state index contributed by atoms with van der Waals surface area (Å²) in [5.74, 6) is -4.54. The maximum absolute atomic E-state index is 12.8. The van der Waals surface area contributed by atoms with Gasteiger partial charge in [-0.3, -0.25) is 9.48 Å². The first-order valence-electron chi connectivity index (χ1n) is 8.92. The number of ether oxygens (including phenoxy) is 1. The molecule has 1 N–H and O–H groups in total. The van der Waals surface area contributed by atoms with Crippen LogP contribution in [-0.4, -0.2) is 41.2 Å². The van der Waals surface area contributed by atoms with Crippen LogP contribution in [0.15, 0.2) is 24.3 Å². The highest BCUT2D eigenvalue weighted by molar-refractivity contribution is 6.31. The lowest BCUT2D eigenvalue weighted by Gasteiger charge is -2.15. The molecule has 2 aromatic rings. The number of amides is 1. The molecular formula is C19H22ClF4N3O2. The number of carbonyl (C=O) groups excluding carboxylic acids is 1. The molecule has 0 fully saturated rings. The van der Waals surface area contributed by atoms with Crippen LogP contribution in [0.3, 0.4) is 0 Å². The largest absolute Gasteiger partial charge is 0.370 e. The predicted octanol–water partition coefficient (Wildman–Crippen LogP) is 4.39. The normalized spacial score (nSPS) is 11.9. The molecule has 0 atom stereocenters. The van der Waals surface area contributed by atoms with Gasteiger partial charge in [0.15, 0.2) is 0 Å². The molecule has 29 heavy (non-hydrogen) atoms. The smallest absolute Gasteiger partial charge is 0.330 e. The van der Waals surface area contributed by atoms with Crippen molar-refractivity contribution in [3.05, 3.63) is 51.8 Å². The first-order chi connectivity index (χ1) is 13.6. The molecule has 160 valence electrons. The van der Waals surface area contributed by atoms with Crippen molar-refractivity contribution in [1.29, 1.82) is 0 Å². The summed E-state index contributed by atoms with van der Waals surface area (Å²) in [5, 5.41) is 7.69. The number of halogens is 5. The standard InChI is InChI=1S/C19H22ClF4N3O2/c1-12-16(20)13(2)27(26-12)8-4-7-25-17(28)15-6-3-5-14(9-15)10-29-11-19(23,24)18(21)22/h3,5-6,9,18H,4,7-8,10-11H2,1-2H3,(H,25,28). The number of rotatable bonds is 10. The molecule has 0 aliphatic carbocycles. The minimum atomic E-state index is -4.20. The number of nitrogens with zero attached hydrogens (tertiary/aromatic N) is 2. The van der Waals surface area contributed by atoms with E-state index in [0.29, 0.717) is 35.7 Å². The Morgan fingerprint density at radius 3 is 2.69 bits per heavy atom. The molecule has 0 unspecified atom stereocenters. The van der Waals surface area contributed by atoms with Crippen LogP contribution in [-0.2, 0) is 17.9 Å². The lowest BCUT2D eigenvalue weighted by atomic mass is 10.1. The first kappa shape index (κ1) is 23.2. The highest BCUT2D eigenvalue weighted by Gasteiger charge is 2.40. The SMILES string of the molecule is Cc1nn(CCCNC(=O)c2cccc(COCC(F)(F)C(F)F)c2)c(C)c1Cl. The van der Waals surface area contributed by atoms with Crippen molar-refractivity contribution in [2.45, 2.75) is 45.8 Å². The summed E-state index contributed by atoms with van der Waals surface area (Å²) < 4.78 is 56.4. The molecule has 0 aliphatic rings. The summed E-state index contributed by atoms with van der Waals surface area (Å²) in [7, 11) is 0. The second kappa shape index (κ2) is 10.1. The quantitative estimate of drug-likeness (QED) is 0.445. The van der Waals surface area contributed by atoms with Gasteiger partial charge >= 0.3 is 12.3 Å². The number of carbonyl (C=O) groups is 1. The number of benzene rings is 1. The van der Waals surface area contributed by atoms with Crippen molar-refractivity contribution in [2.75, 3.05) is 13.2 Å². The van der Waals surface area contributed by atoms with E-state index < -0.39 is 19.0 Å². The van der Waals surface area contributed by atoms with E-state index in [1.807, 2.05) is 13.8 Å². The molecule has 0 saturated carbocycles. The van der Waals surface area contributed by atoms with E-state index in [1.165, 1.54) is 6.07 Å². The Hall–Kier alpha value is -2.13. The molecule has 0 spiro atoms. The van der Waals surface area contributed by atoms with E-state index in [0.717, 1.165) is 11.4 Å². The zero-order chi connectivity index (χ0) is 21.6. The summed E-state index contributed by atoms with van der Waals surface area (Å²) in [6, 6.07) is 6.16. The van der Waals surface area contributed by atoms with Crippen molar-refractivity contribution < 1.29 is 27.1 Å². The van der Waals surface area contributed by atoms with E-state index in [2.05, 4.69) is 15.2 Å². The van der Waals surface area contributed by atoms with Crippen LogP contribution in [0.4, 0.5) is 17.6 Å². The van der Waals surface area contributed by atoms with Crippen LogP contribution in [0.1, 0.15) is 33.7 Å². The summed E-state index contributed by atoms with van der Waals surface area (Å²) >= 11 is 6.09. The number of alkyl halides is 4. The monoisotopic (exact) mass is 435 g/mol. The fraction of sp³-hybridized carbons (Fsp3) is 0.474. The van der Waals surface area contributed by atoms with Crippen LogP contribution in [0.5, 0.6) is 0 Å². The highest BCUT2D eigenvalue weighted by Crippen LogP contribution is 2.23. The molecule has 10 heteroatoms. The Kier molecular flexibility index (Phi) is 8.04. The van der Waals surface area contributed by atoms with Gasteiger partial charge in [-0.15, -0.1) is 0 Å². The van der Waals surface area contributed by atoms with Gasteiger partial charge in [-0.25, -0.2) is 8.78 Å². The zero-order valence-corrected chi connectivity index (χ0v) is 16.8. The van der Waals surface area contributed by atoms with Gasteiger partial charge in [0.05, 0.1) is 23.0 Å². The van der Waals surface area contributed by atoms with Crippen molar-refractivity contribution in [1.82, 2.24) is 15.1 Å².